The Balaban J connectivity index is -0.000000120. The van der Waals surface area contributed by atoms with Crippen LogP contribution in [-0.4, -0.2) is 100.0 Å². The predicted molar refractivity (Wildman–Crippen MR) is 70.0 cm³/mol. The molecule has 0 aliphatic heterocycles. The molecule has 0 heterocycles. The van der Waals surface area contributed by atoms with Crippen molar-refractivity contribution in [1.29, 1.82) is 0 Å². The molecule has 14 nitrogen and oxygen atoms in total. The third-order valence-electron chi connectivity index (χ3n) is 2.15. The summed E-state index contributed by atoms with van der Waals surface area (Å²) in [6.45, 7) is -3.00. The first kappa shape index (κ1) is 44.5. The van der Waals surface area contributed by atoms with Crippen LogP contribution in [0, 0.1) is 0 Å². The molecule has 0 unspecified atom stereocenters. The molecule has 0 radical (unpaired) electrons. The van der Waals surface area contributed by atoms with Crippen molar-refractivity contribution in [2.24, 2.45) is 0 Å². The number of aliphatic carboxylic acids is 4. The van der Waals surface area contributed by atoms with Crippen LogP contribution in [0.4, 0.5) is 0 Å². The van der Waals surface area contributed by atoms with Gasteiger partial charge in [0.2, 0.25) is 0 Å². The first-order valence-corrected chi connectivity index (χ1v) is 5.46. The Morgan fingerprint density at radius 1 is 0.654 bits per heavy atom. The Hall–Kier alpha value is -0.841. The second-order valence-electron chi connectivity index (χ2n) is 3.93. The summed E-state index contributed by atoms with van der Waals surface area (Å²) in [5, 5.41) is 39.8. The minimum Gasteiger partial charge on any atom is -0.549 e. The zero-order chi connectivity index (χ0) is 15.7. The van der Waals surface area contributed by atoms with Crippen LogP contribution >= 0.6 is 0 Å². The standard InChI is InChI=1S/C10H16N2O8.Fe.Na.4H2O/c13-7(14)3-11(4-8(15)16)1-2-12(5-9(17)18)6-10(19)20;;;;;;/h1-6H2,(H,13,14)(H,15,16)(H,17,18)(H,19,20);;;4*1H2/q;+2;+1;;;;/p-3. The van der Waals surface area contributed by atoms with Gasteiger partial charge in [0.25, 0.3) is 0 Å². The van der Waals surface area contributed by atoms with Crippen molar-refractivity contribution in [3.05, 3.63) is 0 Å². The van der Waals surface area contributed by atoms with Crippen LogP contribution < -0.4 is 44.9 Å². The Bertz CT molecular complexity index is 332. The van der Waals surface area contributed by atoms with Gasteiger partial charge in [0, 0.05) is 32.7 Å². The topological polar surface area (TPSA) is 290 Å². The number of carbonyl (C=O) groups is 4. The fourth-order valence-corrected chi connectivity index (χ4v) is 1.45. The zero-order valence-electron chi connectivity index (χ0n) is 13.8. The Kier molecular flexibility index (Phi) is 41.4. The summed E-state index contributed by atoms with van der Waals surface area (Å²) in [5.74, 6) is -5.82. The minimum atomic E-state index is -1.52. The summed E-state index contributed by atoms with van der Waals surface area (Å²) in [7, 11) is 0. The van der Waals surface area contributed by atoms with Gasteiger partial charge in [-0.1, -0.05) is 0 Å². The summed E-state index contributed by atoms with van der Waals surface area (Å²) >= 11 is 0. The minimum absolute atomic E-state index is 0. The fraction of sp³-hybridized carbons (Fsp3) is 0.600. The maximum Gasteiger partial charge on any atom is 2.00 e. The molecule has 16 heteroatoms. The number of carbonyl (C=O) groups excluding carboxylic acids is 3. The van der Waals surface area contributed by atoms with Crippen molar-refractivity contribution in [3.8, 4) is 0 Å². The average Bonchev–Trinajstić information content (AvgIpc) is 2.22. The second kappa shape index (κ2) is 24.2. The van der Waals surface area contributed by atoms with Gasteiger partial charge in [0.1, 0.15) is 0 Å². The Morgan fingerprint density at radius 3 is 1.08 bits per heavy atom. The van der Waals surface area contributed by atoms with Crippen LogP contribution in [0.25, 0.3) is 0 Å². The number of hydrogen-bond acceptors (Lipinski definition) is 9. The normalized spacial score (nSPS) is 8.23. The monoisotopic (exact) mass is 440 g/mol. The van der Waals surface area contributed by atoms with Crippen molar-refractivity contribution in [2.45, 2.75) is 0 Å². The van der Waals surface area contributed by atoms with E-state index in [0.29, 0.717) is 0 Å². The van der Waals surface area contributed by atoms with Crippen LogP contribution in [0.5, 0.6) is 0 Å². The smallest absolute Gasteiger partial charge is 0.549 e. The van der Waals surface area contributed by atoms with Crippen LogP contribution in [0.15, 0.2) is 0 Å². The number of carboxylic acid groups (broad SMARTS) is 4. The summed E-state index contributed by atoms with van der Waals surface area (Å²) < 4.78 is 0. The van der Waals surface area contributed by atoms with Gasteiger partial charge in [-0.3, -0.25) is 14.6 Å². The molecule has 0 bridgehead atoms. The van der Waals surface area contributed by atoms with E-state index in [1.807, 2.05) is 0 Å². The van der Waals surface area contributed by atoms with E-state index in [1.165, 1.54) is 0 Å². The van der Waals surface area contributed by atoms with Gasteiger partial charge in [-0.25, -0.2) is 0 Å². The molecule has 0 amide bonds. The average molecular weight is 440 g/mol. The van der Waals surface area contributed by atoms with Crippen molar-refractivity contribution in [2.75, 3.05) is 39.3 Å². The molecule has 0 saturated carbocycles. The SMILES string of the molecule is O.O.O.O.O=C([O-])CN(CCN(CC(=O)[O-])CC(=O)O)CC(=O)[O-].[Fe+2].[Na+]. The molecule has 152 valence electrons. The zero-order valence-corrected chi connectivity index (χ0v) is 16.9. The molecule has 0 aliphatic rings. The van der Waals surface area contributed by atoms with Crippen LogP contribution in [0.3, 0.4) is 0 Å². The third-order valence-corrected chi connectivity index (χ3v) is 2.15. The molecule has 0 aromatic carbocycles. The Morgan fingerprint density at radius 2 is 0.885 bits per heavy atom. The van der Waals surface area contributed by atoms with Gasteiger partial charge in [-0.2, -0.15) is 0 Å². The number of rotatable bonds is 11. The van der Waals surface area contributed by atoms with E-state index in [1.54, 1.807) is 0 Å². The van der Waals surface area contributed by atoms with E-state index < -0.39 is 50.1 Å². The third kappa shape index (κ3) is 28.0. The van der Waals surface area contributed by atoms with Crippen molar-refractivity contribution >= 4 is 23.9 Å². The molecule has 0 aromatic rings. The first-order chi connectivity index (χ1) is 9.20. The molecule has 0 aromatic heterocycles. The number of carboxylic acids is 4. The molecular weight excluding hydrogens is 419 g/mol. The molecular formula is C10H21FeN2NaO12. The maximum atomic E-state index is 10.5. The van der Waals surface area contributed by atoms with E-state index in [4.69, 9.17) is 5.11 Å². The van der Waals surface area contributed by atoms with E-state index in [2.05, 4.69) is 0 Å². The van der Waals surface area contributed by atoms with Gasteiger partial charge < -0.3 is 56.7 Å². The van der Waals surface area contributed by atoms with Gasteiger partial charge in [-0.05, 0) is 0 Å². The summed E-state index contributed by atoms with van der Waals surface area (Å²) in [6, 6.07) is 0. The van der Waals surface area contributed by atoms with Crippen molar-refractivity contribution in [1.82, 2.24) is 9.80 Å². The molecule has 9 N–H and O–H groups in total. The predicted octanol–water partition coefficient (Wildman–Crippen LogP) is -12.4. The van der Waals surface area contributed by atoms with Gasteiger partial charge in [0.15, 0.2) is 0 Å². The second-order valence-corrected chi connectivity index (χ2v) is 3.93. The molecule has 0 atom stereocenters. The quantitative estimate of drug-likeness (QED) is 0.296. The van der Waals surface area contributed by atoms with E-state index in [-0.39, 0.29) is 81.6 Å². The van der Waals surface area contributed by atoms with Gasteiger partial charge >= 0.3 is 52.6 Å². The fourth-order valence-electron chi connectivity index (χ4n) is 1.45. The number of hydrogen-bond donors (Lipinski definition) is 1. The van der Waals surface area contributed by atoms with Gasteiger partial charge in [0.05, 0.1) is 24.5 Å². The molecule has 0 saturated heterocycles. The van der Waals surface area contributed by atoms with E-state index >= 15 is 0 Å². The molecule has 0 fully saturated rings. The van der Waals surface area contributed by atoms with Gasteiger partial charge in [-0.15, -0.1) is 0 Å². The van der Waals surface area contributed by atoms with Crippen molar-refractivity contribution < 1.29 is 108 Å². The summed E-state index contributed by atoms with van der Waals surface area (Å²) in [6.07, 6.45) is 0. The first-order valence-electron chi connectivity index (χ1n) is 5.46. The van der Waals surface area contributed by atoms with Crippen LogP contribution in [0.1, 0.15) is 0 Å². The summed E-state index contributed by atoms with van der Waals surface area (Å²) in [4.78, 5) is 43.7. The number of nitrogens with zero attached hydrogens (tertiary/aromatic N) is 2. The Labute approximate surface area is 180 Å². The van der Waals surface area contributed by atoms with Crippen molar-refractivity contribution in [3.63, 3.8) is 0 Å². The summed E-state index contributed by atoms with van der Waals surface area (Å²) in [5.41, 5.74) is 0. The molecule has 0 aliphatic carbocycles. The molecule has 26 heavy (non-hydrogen) atoms. The van der Waals surface area contributed by atoms with E-state index in [0.717, 1.165) is 9.80 Å². The van der Waals surface area contributed by atoms with Crippen LogP contribution in [0.2, 0.25) is 0 Å². The molecule has 0 spiro atoms. The van der Waals surface area contributed by atoms with E-state index in [9.17, 15) is 34.5 Å². The van der Waals surface area contributed by atoms with Crippen LogP contribution in [-0.2, 0) is 36.2 Å². The largest absolute Gasteiger partial charge is 2.00 e. The maximum absolute atomic E-state index is 10.5. The molecule has 0 rings (SSSR count).